The highest BCUT2D eigenvalue weighted by Crippen LogP contribution is 2.17. The minimum atomic E-state index is -0.472. The van der Waals surface area contributed by atoms with Gasteiger partial charge in [-0.1, -0.05) is 0 Å². The first-order valence-electron chi connectivity index (χ1n) is 3.87. The van der Waals surface area contributed by atoms with Gasteiger partial charge in [-0.25, -0.2) is 0 Å². The third-order valence-corrected chi connectivity index (χ3v) is 2.22. The van der Waals surface area contributed by atoms with Crippen LogP contribution in [0.2, 0.25) is 0 Å². The number of carbonyl (C=O) groups is 3. The topological polar surface area (TPSA) is 63.2 Å². The molecule has 0 amide bonds. The van der Waals surface area contributed by atoms with Crippen LogP contribution in [0.3, 0.4) is 0 Å². The summed E-state index contributed by atoms with van der Waals surface area (Å²) in [6.45, 7) is 2.41. The normalized spacial score (nSPS) is 28.4. The molecule has 2 atom stereocenters. The van der Waals surface area contributed by atoms with Crippen molar-refractivity contribution >= 4 is 17.9 Å². The smallest absolute Gasteiger partial charge is 0.200 e. The molecule has 1 fully saturated rings. The Bertz CT molecular complexity index is 224. The fourth-order valence-electron chi connectivity index (χ4n) is 1.49. The maximum Gasteiger partial charge on any atom is 0.200 e. The number of carbonyl (C=O) groups excluding carboxylic acids is 3. The van der Waals surface area contributed by atoms with Gasteiger partial charge < -0.3 is 5.32 Å². The molecule has 0 bridgehead atoms. The van der Waals surface area contributed by atoms with E-state index in [9.17, 15) is 14.4 Å². The predicted octanol–water partition coefficient (Wildman–Crippen LogP) is -0.821. The summed E-state index contributed by atoms with van der Waals surface area (Å²) in [5, 5.41) is 2.92. The lowest BCUT2D eigenvalue weighted by Gasteiger charge is -2.10. The molecule has 1 saturated heterocycles. The van der Waals surface area contributed by atoms with Crippen LogP contribution in [-0.4, -0.2) is 30.9 Å². The van der Waals surface area contributed by atoms with Crippen molar-refractivity contribution in [3.63, 3.8) is 0 Å². The van der Waals surface area contributed by atoms with Crippen molar-refractivity contribution in [3.05, 3.63) is 0 Å². The SMILES string of the molecule is CC(=O)C1CNCC1C(=O)C=O. The van der Waals surface area contributed by atoms with Crippen molar-refractivity contribution in [2.24, 2.45) is 11.8 Å². The van der Waals surface area contributed by atoms with E-state index >= 15 is 0 Å². The molecule has 0 spiro atoms. The minimum absolute atomic E-state index is 0.0276. The average Bonchev–Trinajstić information content (AvgIpc) is 2.50. The Balaban J connectivity index is 2.69. The van der Waals surface area contributed by atoms with Crippen molar-refractivity contribution in [2.75, 3.05) is 13.1 Å². The number of aldehydes is 1. The van der Waals surface area contributed by atoms with Crippen molar-refractivity contribution in [1.82, 2.24) is 5.32 Å². The molecule has 1 rings (SSSR count). The van der Waals surface area contributed by atoms with Crippen molar-refractivity contribution in [1.29, 1.82) is 0 Å². The van der Waals surface area contributed by atoms with Crippen LogP contribution in [0.4, 0.5) is 0 Å². The molecule has 0 aliphatic carbocycles. The Labute approximate surface area is 70.3 Å². The van der Waals surface area contributed by atoms with Gasteiger partial charge in [-0.15, -0.1) is 0 Å². The molecule has 0 aromatic heterocycles. The van der Waals surface area contributed by atoms with Gasteiger partial charge >= 0.3 is 0 Å². The molecule has 4 nitrogen and oxygen atoms in total. The van der Waals surface area contributed by atoms with Crippen LogP contribution in [0, 0.1) is 11.8 Å². The van der Waals surface area contributed by atoms with Crippen LogP contribution in [0.5, 0.6) is 0 Å². The molecule has 0 aromatic rings. The van der Waals surface area contributed by atoms with Gasteiger partial charge in [-0.05, 0) is 6.92 Å². The summed E-state index contributed by atoms with van der Waals surface area (Å²) in [5.74, 6) is -1.23. The van der Waals surface area contributed by atoms with Crippen LogP contribution in [0.25, 0.3) is 0 Å². The maximum absolute atomic E-state index is 11.0. The third kappa shape index (κ3) is 1.58. The van der Waals surface area contributed by atoms with E-state index in [2.05, 4.69) is 5.32 Å². The molecular weight excluding hydrogens is 158 g/mol. The Morgan fingerprint density at radius 1 is 1.33 bits per heavy atom. The van der Waals surface area contributed by atoms with E-state index in [-0.39, 0.29) is 11.7 Å². The number of Topliss-reactive ketones (excluding diaryl/α,β-unsaturated/α-hetero) is 2. The summed E-state index contributed by atoms with van der Waals surface area (Å²) in [6, 6.07) is 0. The zero-order valence-corrected chi connectivity index (χ0v) is 6.87. The summed E-state index contributed by atoms with van der Waals surface area (Å²) in [4.78, 5) is 32.1. The molecule has 1 heterocycles. The summed E-state index contributed by atoms with van der Waals surface area (Å²) in [7, 11) is 0. The standard InChI is InChI=1S/C8H11NO3/c1-5(11)6-2-9-3-7(6)8(12)4-10/h4,6-7,9H,2-3H2,1H3. The van der Waals surface area contributed by atoms with Crippen LogP contribution < -0.4 is 5.32 Å². The summed E-state index contributed by atoms with van der Waals surface area (Å²) in [6.07, 6.45) is 0.299. The number of nitrogens with one attached hydrogen (secondary N) is 1. The van der Waals surface area contributed by atoms with E-state index in [1.54, 1.807) is 0 Å². The molecule has 66 valence electrons. The fraction of sp³-hybridized carbons (Fsp3) is 0.625. The van der Waals surface area contributed by atoms with Crippen LogP contribution >= 0.6 is 0 Å². The quantitative estimate of drug-likeness (QED) is 0.443. The van der Waals surface area contributed by atoms with Gasteiger partial charge in [0, 0.05) is 24.9 Å². The van der Waals surface area contributed by atoms with E-state index < -0.39 is 11.7 Å². The van der Waals surface area contributed by atoms with E-state index in [1.165, 1.54) is 6.92 Å². The van der Waals surface area contributed by atoms with Gasteiger partial charge in [-0.3, -0.25) is 14.4 Å². The van der Waals surface area contributed by atoms with Crippen molar-refractivity contribution < 1.29 is 14.4 Å². The van der Waals surface area contributed by atoms with Crippen LogP contribution in [0.15, 0.2) is 0 Å². The minimum Gasteiger partial charge on any atom is -0.315 e. The van der Waals surface area contributed by atoms with Gasteiger partial charge in [0.1, 0.15) is 5.78 Å². The summed E-state index contributed by atoms with van der Waals surface area (Å²) >= 11 is 0. The molecule has 0 radical (unpaired) electrons. The number of hydrogen-bond donors (Lipinski definition) is 1. The Kier molecular flexibility index (Phi) is 2.70. The average molecular weight is 169 g/mol. The fourth-order valence-corrected chi connectivity index (χ4v) is 1.49. The molecule has 1 aliphatic rings. The Morgan fingerprint density at radius 3 is 2.42 bits per heavy atom. The molecule has 0 aromatic carbocycles. The predicted molar refractivity (Wildman–Crippen MR) is 41.6 cm³/mol. The number of hydrogen-bond acceptors (Lipinski definition) is 4. The molecule has 0 saturated carbocycles. The first kappa shape index (κ1) is 9.06. The first-order chi connectivity index (χ1) is 5.66. The van der Waals surface area contributed by atoms with E-state index in [4.69, 9.17) is 0 Å². The Hall–Kier alpha value is -1.03. The molecular formula is C8H11NO3. The van der Waals surface area contributed by atoms with Crippen molar-refractivity contribution in [3.8, 4) is 0 Å². The number of rotatable bonds is 3. The molecule has 1 N–H and O–H groups in total. The zero-order valence-electron chi connectivity index (χ0n) is 6.87. The van der Waals surface area contributed by atoms with Gasteiger partial charge in [0.05, 0.1) is 0 Å². The second-order valence-corrected chi connectivity index (χ2v) is 3.00. The highest BCUT2D eigenvalue weighted by Gasteiger charge is 2.35. The molecule has 2 unspecified atom stereocenters. The highest BCUT2D eigenvalue weighted by atomic mass is 16.2. The van der Waals surface area contributed by atoms with E-state index in [1.807, 2.05) is 0 Å². The molecule has 12 heavy (non-hydrogen) atoms. The lowest BCUT2D eigenvalue weighted by molar-refractivity contribution is -0.135. The van der Waals surface area contributed by atoms with Gasteiger partial charge in [0.25, 0.3) is 0 Å². The van der Waals surface area contributed by atoms with Crippen LogP contribution in [-0.2, 0) is 14.4 Å². The lowest BCUT2D eigenvalue weighted by Crippen LogP contribution is -2.27. The van der Waals surface area contributed by atoms with E-state index in [0.29, 0.717) is 19.4 Å². The molecule has 1 aliphatic heterocycles. The third-order valence-electron chi connectivity index (χ3n) is 2.22. The maximum atomic E-state index is 11.0. The zero-order chi connectivity index (χ0) is 9.14. The largest absolute Gasteiger partial charge is 0.315 e. The van der Waals surface area contributed by atoms with Gasteiger partial charge in [-0.2, -0.15) is 0 Å². The molecule has 4 heteroatoms. The van der Waals surface area contributed by atoms with Gasteiger partial charge in [0.2, 0.25) is 0 Å². The lowest BCUT2D eigenvalue weighted by atomic mass is 9.90. The highest BCUT2D eigenvalue weighted by molar-refractivity contribution is 6.26. The summed E-state index contributed by atoms with van der Waals surface area (Å²) in [5.41, 5.74) is 0. The monoisotopic (exact) mass is 169 g/mol. The first-order valence-corrected chi connectivity index (χ1v) is 3.87. The number of ketones is 2. The van der Waals surface area contributed by atoms with Gasteiger partial charge in [0.15, 0.2) is 12.1 Å². The van der Waals surface area contributed by atoms with Crippen LogP contribution in [0.1, 0.15) is 6.92 Å². The second kappa shape index (κ2) is 3.58. The second-order valence-electron chi connectivity index (χ2n) is 3.00. The Morgan fingerprint density at radius 2 is 1.92 bits per heavy atom. The van der Waals surface area contributed by atoms with Crippen molar-refractivity contribution in [2.45, 2.75) is 6.92 Å². The van der Waals surface area contributed by atoms with E-state index in [0.717, 1.165) is 0 Å². The summed E-state index contributed by atoms with van der Waals surface area (Å²) < 4.78 is 0.